The van der Waals surface area contributed by atoms with Crippen LogP contribution in [-0.2, 0) is 14.3 Å². The number of hydrogen-bond acceptors (Lipinski definition) is 4. The molecule has 1 aliphatic rings. The van der Waals surface area contributed by atoms with Crippen molar-refractivity contribution in [2.75, 3.05) is 6.61 Å². The van der Waals surface area contributed by atoms with E-state index in [1.807, 2.05) is 37.3 Å². The minimum absolute atomic E-state index is 0.165. The summed E-state index contributed by atoms with van der Waals surface area (Å²) in [4.78, 5) is 35.0. The zero-order chi connectivity index (χ0) is 15.9. The number of carbonyl (C=O) groups is 3. The molecule has 0 saturated heterocycles. The smallest absolute Gasteiger partial charge is 0.321 e. The Labute approximate surface area is 129 Å². The number of benzene rings is 1. The first-order valence-corrected chi connectivity index (χ1v) is 7.42. The molecule has 2 N–H and O–H groups in total. The van der Waals surface area contributed by atoms with Crippen LogP contribution in [0.3, 0.4) is 0 Å². The average Bonchev–Trinajstić information content (AvgIpc) is 3.31. The van der Waals surface area contributed by atoms with Crippen LogP contribution in [0.15, 0.2) is 30.3 Å². The van der Waals surface area contributed by atoms with Crippen LogP contribution in [0.25, 0.3) is 0 Å². The summed E-state index contributed by atoms with van der Waals surface area (Å²) in [7, 11) is 0. The van der Waals surface area contributed by atoms with E-state index in [9.17, 15) is 14.4 Å². The van der Waals surface area contributed by atoms with Gasteiger partial charge >= 0.3 is 12.0 Å². The lowest BCUT2D eigenvalue weighted by atomic mass is 9.97. The molecule has 2 rings (SSSR count). The molecule has 1 saturated carbocycles. The standard InChI is InChI=1S/C16H20N2O4/c1-2-13(11-6-4-3-5-7-11)15(20)22-10-14(19)18-16(21)17-12-8-9-12/h3-7,12-13H,2,8-10H2,1H3,(H2,17,18,19,21)/t13-/m0/s1. The van der Waals surface area contributed by atoms with Crippen molar-refractivity contribution >= 4 is 17.9 Å². The summed E-state index contributed by atoms with van der Waals surface area (Å²) in [5.74, 6) is -1.50. The third kappa shape index (κ3) is 4.87. The second-order valence-corrected chi connectivity index (χ2v) is 5.28. The highest BCUT2D eigenvalue weighted by Gasteiger charge is 2.25. The predicted octanol–water partition coefficient (Wildman–Crippen LogP) is 1.71. The van der Waals surface area contributed by atoms with Gasteiger partial charge in [0.15, 0.2) is 6.61 Å². The van der Waals surface area contributed by atoms with E-state index in [2.05, 4.69) is 10.6 Å². The summed E-state index contributed by atoms with van der Waals surface area (Å²) >= 11 is 0. The van der Waals surface area contributed by atoms with E-state index in [0.717, 1.165) is 18.4 Å². The van der Waals surface area contributed by atoms with Gasteiger partial charge in [-0.1, -0.05) is 37.3 Å². The molecule has 1 aromatic carbocycles. The maximum atomic E-state index is 12.0. The van der Waals surface area contributed by atoms with Crippen molar-refractivity contribution in [2.24, 2.45) is 0 Å². The maximum Gasteiger partial charge on any atom is 0.321 e. The van der Waals surface area contributed by atoms with Crippen molar-refractivity contribution in [3.05, 3.63) is 35.9 Å². The minimum Gasteiger partial charge on any atom is -0.455 e. The Morgan fingerprint density at radius 3 is 2.50 bits per heavy atom. The molecule has 0 radical (unpaired) electrons. The fraction of sp³-hybridized carbons (Fsp3) is 0.438. The molecule has 0 unspecified atom stereocenters. The lowest BCUT2D eigenvalue weighted by Crippen LogP contribution is -2.42. The molecule has 0 aliphatic heterocycles. The van der Waals surface area contributed by atoms with Crippen molar-refractivity contribution in [1.29, 1.82) is 0 Å². The summed E-state index contributed by atoms with van der Waals surface area (Å²) in [5.41, 5.74) is 0.849. The van der Waals surface area contributed by atoms with Gasteiger partial charge in [0.2, 0.25) is 0 Å². The first-order valence-electron chi connectivity index (χ1n) is 7.42. The Kier molecular flexibility index (Phi) is 5.52. The largest absolute Gasteiger partial charge is 0.455 e. The van der Waals surface area contributed by atoms with Gasteiger partial charge in [-0.2, -0.15) is 0 Å². The zero-order valence-corrected chi connectivity index (χ0v) is 12.5. The molecule has 0 spiro atoms. The molecule has 6 nitrogen and oxygen atoms in total. The highest BCUT2D eigenvalue weighted by Crippen LogP contribution is 2.20. The molecule has 1 fully saturated rings. The molecule has 22 heavy (non-hydrogen) atoms. The van der Waals surface area contributed by atoms with Crippen molar-refractivity contribution in [3.63, 3.8) is 0 Å². The third-order valence-electron chi connectivity index (χ3n) is 3.41. The summed E-state index contributed by atoms with van der Waals surface area (Å²) in [6.45, 7) is 1.42. The summed E-state index contributed by atoms with van der Waals surface area (Å²) in [6.07, 6.45) is 2.45. The molecule has 1 atom stereocenters. The first kappa shape index (κ1) is 16.0. The number of urea groups is 1. The Hall–Kier alpha value is -2.37. The number of amides is 3. The molecular weight excluding hydrogens is 284 g/mol. The fourth-order valence-electron chi connectivity index (χ4n) is 2.07. The van der Waals surface area contributed by atoms with Gasteiger partial charge in [-0.3, -0.25) is 14.9 Å². The molecule has 118 valence electrons. The van der Waals surface area contributed by atoms with Crippen LogP contribution in [-0.4, -0.2) is 30.6 Å². The summed E-state index contributed by atoms with van der Waals surface area (Å²) < 4.78 is 5.00. The van der Waals surface area contributed by atoms with E-state index in [4.69, 9.17) is 4.74 Å². The van der Waals surface area contributed by atoms with E-state index in [-0.39, 0.29) is 6.04 Å². The Bertz CT molecular complexity index is 540. The topological polar surface area (TPSA) is 84.5 Å². The van der Waals surface area contributed by atoms with Gasteiger partial charge in [0.1, 0.15) is 0 Å². The van der Waals surface area contributed by atoms with E-state index in [1.165, 1.54) is 0 Å². The number of esters is 1. The SMILES string of the molecule is CC[C@H](C(=O)OCC(=O)NC(=O)NC1CC1)c1ccccc1. The van der Waals surface area contributed by atoms with Crippen LogP contribution in [0.5, 0.6) is 0 Å². The van der Waals surface area contributed by atoms with Gasteiger partial charge in [0, 0.05) is 6.04 Å². The molecule has 0 heterocycles. The second kappa shape index (κ2) is 7.59. The Morgan fingerprint density at radius 2 is 1.91 bits per heavy atom. The minimum atomic E-state index is -0.630. The second-order valence-electron chi connectivity index (χ2n) is 5.28. The number of ether oxygens (including phenoxy) is 1. The molecule has 3 amide bonds. The molecule has 1 aromatic rings. The van der Waals surface area contributed by atoms with Gasteiger partial charge in [-0.25, -0.2) is 4.79 Å². The molecule has 1 aliphatic carbocycles. The summed E-state index contributed by atoms with van der Waals surface area (Å²) in [5, 5.41) is 4.76. The van der Waals surface area contributed by atoms with Gasteiger partial charge < -0.3 is 10.1 Å². The van der Waals surface area contributed by atoms with Crippen LogP contribution in [0.2, 0.25) is 0 Å². The van der Waals surface area contributed by atoms with Crippen LogP contribution in [0.4, 0.5) is 4.79 Å². The van der Waals surface area contributed by atoms with Crippen LogP contribution in [0.1, 0.15) is 37.7 Å². The maximum absolute atomic E-state index is 12.0. The number of nitrogens with one attached hydrogen (secondary N) is 2. The lowest BCUT2D eigenvalue weighted by Gasteiger charge is -2.14. The number of imide groups is 1. The van der Waals surface area contributed by atoms with E-state index in [1.54, 1.807) is 0 Å². The highest BCUT2D eigenvalue weighted by atomic mass is 16.5. The average molecular weight is 304 g/mol. The normalized spacial score (nSPS) is 14.8. The molecule has 0 bridgehead atoms. The monoisotopic (exact) mass is 304 g/mol. The third-order valence-corrected chi connectivity index (χ3v) is 3.41. The van der Waals surface area contributed by atoms with Crippen molar-refractivity contribution in [1.82, 2.24) is 10.6 Å². The van der Waals surface area contributed by atoms with E-state index < -0.39 is 30.4 Å². The fourth-order valence-corrected chi connectivity index (χ4v) is 2.07. The van der Waals surface area contributed by atoms with Crippen molar-refractivity contribution < 1.29 is 19.1 Å². The summed E-state index contributed by atoms with van der Waals surface area (Å²) in [6, 6.07) is 8.88. The molecule has 0 aromatic heterocycles. The van der Waals surface area contributed by atoms with Crippen LogP contribution < -0.4 is 10.6 Å². The highest BCUT2D eigenvalue weighted by molar-refractivity contribution is 5.96. The van der Waals surface area contributed by atoms with Crippen LogP contribution in [0, 0.1) is 0 Å². The number of hydrogen-bond donors (Lipinski definition) is 2. The van der Waals surface area contributed by atoms with Crippen molar-refractivity contribution in [3.8, 4) is 0 Å². The number of rotatable bonds is 6. The molecule has 6 heteroatoms. The van der Waals surface area contributed by atoms with Gasteiger partial charge in [-0.15, -0.1) is 0 Å². The first-order chi connectivity index (χ1) is 10.6. The van der Waals surface area contributed by atoms with E-state index >= 15 is 0 Å². The van der Waals surface area contributed by atoms with Gasteiger partial charge in [0.25, 0.3) is 5.91 Å². The Balaban J connectivity index is 1.77. The molecular formula is C16H20N2O4. The zero-order valence-electron chi connectivity index (χ0n) is 12.5. The predicted molar refractivity (Wildman–Crippen MR) is 80.1 cm³/mol. The van der Waals surface area contributed by atoms with E-state index in [0.29, 0.717) is 6.42 Å². The van der Waals surface area contributed by atoms with Gasteiger partial charge in [-0.05, 0) is 24.8 Å². The van der Waals surface area contributed by atoms with Gasteiger partial charge in [0.05, 0.1) is 5.92 Å². The van der Waals surface area contributed by atoms with Crippen molar-refractivity contribution in [2.45, 2.75) is 38.1 Å². The number of carbonyl (C=O) groups excluding carboxylic acids is 3. The quantitative estimate of drug-likeness (QED) is 0.784. The lowest BCUT2D eigenvalue weighted by molar-refractivity contribution is -0.149. The Morgan fingerprint density at radius 1 is 1.23 bits per heavy atom. The van der Waals surface area contributed by atoms with Crippen LogP contribution >= 0.6 is 0 Å².